The molecule has 2 fully saturated rings. The van der Waals surface area contributed by atoms with Gasteiger partial charge >= 0.3 is 0 Å². The van der Waals surface area contributed by atoms with Gasteiger partial charge in [0.1, 0.15) is 12.6 Å². The van der Waals surface area contributed by atoms with Gasteiger partial charge in [-0.05, 0) is 57.8 Å². The van der Waals surface area contributed by atoms with Gasteiger partial charge in [0, 0.05) is 10.8 Å². The summed E-state index contributed by atoms with van der Waals surface area (Å²) in [6.45, 7) is 0. The van der Waals surface area contributed by atoms with Gasteiger partial charge in [0.2, 0.25) is 12.2 Å². The van der Waals surface area contributed by atoms with Crippen LogP contribution in [0.25, 0.3) is 0 Å². The Morgan fingerprint density at radius 1 is 0.783 bits per heavy atom. The first-order chi connectivity index (χ1) is 11.1. The third-order valence-electron chi connectivity index (χ3n) is 5.58. The fourth-order valence-electron chi connectivity index (χ4n) is 4.14. The van der Waals surface area contributed by atoms with E-state index in [0.29, 0.717) is 57.8 Å². The zero-order valence-electron chi connectivity index (χ0n) is 13.2. The number of aldehydes is 2. The Kier molecular flexibility index (Phi) is 5.75. The molecule has 0 bridgehead atoms. The van der Waals surface area contributed by atoms with Gasteiger partial charge in [-0.2, -0.15) is 0 Å². The Labute approximate surface area is 135 Å². The molecule has 0 heterocycles. The molecule has 2 rings (SSSR count). The Morgan fingerprint density at radius 3 is 1.39 bits per heavy atom. The topological polar surface area (TPSA) is 93.0 Å². The first-order valence-corrected chi connectivity index (χ1v) is 8.17. The van der Waals surface area contributed by atoms with Gasteiger partial charge in [0.05, 0.1) is 12.1 Å². The van der Waals surface area contributed by atoms with Gasteiger partial charge in [0.15, 0.2) is 0 Å². The normalized spacial score (nSPS) is 37.0. The highest BCUT2D eigenvalue weighted by molar-refractivity contribution is 5.65. The number of rotatable bonds is 6. The van der Waals surface area contributed by atoms with Crippen LogP contribution in [-0.4, -0.2) is 36.8 Å². The second kappa shape index (κ2) is 7.58. The molecule has 0 aromatic rings. The first kappa shape index (κ1) is 17.5. The predicted octanol–water partition coefficient (Wildman–Crippen LogP) is 2.30. The van der Waals surface area contributed by atoms with Gasteiger partial charge < -0.3 is 9.59 Å². The predicted molar refractivity (Wildman–Crippen MR) is 82.4 cm³/mol. The lowest BCUT2D eigenvalue weighted by atomic mass is 9.60. The van der Waals surface area contributed by atoms with Crippen LogP contribution < -0.4 is 0 Å². The van der Waals surface area contributed by atoms with E-state index in [9.17, 15) is 19.2 Å². The van der Waals surface area contributed by atoms with E-state index in [2.05, 4.69) is 9.98 Å². The maximum atomic E-state index is 11.8. The minimum Gasteiger partial charge on any atom is -0.303 e. The van der Waals surface area contributed by atoms with Crippen LogP contribution in [0.1, 0.15) is 57.8 Å². The van der Waals surface area contributed by atoms with E-state index in [1.165, 1.54) is 0 Å². The van der Waals surface area contributed by atoms with Crippen molar-refractivity contribution in [3.8, 4) is 0 Å². The van der Waals surface area contributed by atoms with Crippen molar-refractivity contribution in [3.05, 3.63) is 0 Å². The maximum Gasteiger partial charge on any atom is 0.235 e. The Bertz CT molecular complexity index is 483. The summed E-state index contributed by atoms with van der Waals surface area (Å²) in [6, 6.07) is -0.101. The highest BCUT2D eigenvalue weighted by Gasteiger charge is 2.45. The number of aliphatic imine (C=N–C) groups is 2. The largest absolute Gasteiger partial charge is 0.303 e. The second-order valence-electron chi connectivity index (χ2n) is 7.04. The molecule has 6 nitrogen and oxygen atoms in total. The molecule has 0 spiro atoms. The summed E-state index contributed by atoms with van der Waals surface area (Å²) in [5.41, 5.74) is -1.01. The lowest BCUT2D eigenvalue weighted by molar-refractivity contribution is -0.126. The molecule has 2 aliphatic rings. The van der Waals surface area contributed by atoms with Crippen molar-refractivity contribution in [3.63, 3.8) is 0 Å². The lowest BCUT2D eigenvalue weighted by Crippen LogP contribution is -2.40. The van der Waals surface area contributed by atoms with Gasteiger partial charge in [-0.1, -0.05) is 0 Å². The zero-order chi connectivity index (χ0) is 16.8. The minimum atomic E-state index is -0.503. The summed E-state index contributed by atoms with van der Waals surface area (Å²) in [5, 5.41) is 0. The lowest BCUT2D eigenvalue weighted by Gasteiger charge is -2.43. The average molecular weight is 318 g/mol. The molecule has 2 saturated carbocycles. The number of carbonyl (C=O) groups is 2. The average Bonchev–Trinajstić information content (AvgIpc) is 2.59. The van der Waals surface area contributed by atoms with Gasteiger partial charge in [-0.3, -0.25) is 0 Å². The SMILES string of the molecule is O=C=NC1CCC(C=O)(CC2(C=O)CCC(N=C=O)CC2)CC1. The number of nitrogens with zero attached hydrogens (tertiary/aromatic N) is 2. The Balaban J connectivity index is 2.05. The molecule has 0 N–H and O–H groups in total. The molecular weight excluding hydrogens is 296 g/mol. The number of hydrogen-bond acceptors (Lipinski definition) is 6. The molecule has 0 aromatic heterocycles. The Morgan fingerprint density at radius 2 is 1.13 bits per heavy atom. The van der Waals surface area contributed by atoms with E-state index in [1.807, 2.05) is 0 Å². The third kappa shape index (κ3) is 4.10. The summed E-state index contributed by atoms with van der Waals surface area (Å²) >= 11 is 0. The van der Waals surface area contributed by atoms with Gasteiger partial charge in [-0.15, -0.1) is 0 Å². The minimum absolute atomic E-state index is 0.0505. The van der Waals surface area contributed by atoms with Crippen molar-refractivity contribution >= 4 is 24.7 Å². The highest BCUT2D eigenvalue weighted by atomic mass is 16.1. The van der Waals surface area contributed by atoms with Gasteiger partial charge in [-0.25, -0.2) is 19.6 Å². The molecule has 0 atom stereocenters. The smallest absolute Gasteiger partial charge is 0.235 e. The number of hydrogen-bond donors (Lipinski definition) is 0. The van der Waals surface area contributed by atoms with Crippen molar-refractivity contribution in [2.75, 3.05) is 0 Å². The molecule has 0 amide bonds. The summed E-state index contributed by atoms with van der Waals surface area (Å²) in [6.07, 6.45) is 11.0. The summed E-state index contributed by atoms with van der Waals surface area (Å²) in [4.78, 5) is 51.7. The molecule has 0 unspecified atom stereocenters. The van der Waals surface area contributed by atoms with E-state index < -0.39 is 10.8 Å². The van der Waals surface area contributed by atoms with Gasteiger partial charge in [0.25, 0.3) is 0 Å². The molecule has 0 aliphatic heterocycles. The van der Waals surface area contributed by atoms with E-state index >= 15 is 0 Å². The highest BCUT2D eigenvalue weighted by Crippen LogP contribution is 2.49. The van der Waals surface area contributed by atoms with Crippen LogP contribution in [0, 0.1) is 10.8 Å². The van der Waals surface area contributed by atoms with E-state index in [4.69, 9.17) is 0 Å². The molecule has 0 saturated heterocycles. The van der Waals surface area contributed by atoms with E-state index in [-0.39, 0.29) is 12.1 Å². The van der Waals surface area contributed by atoms with Crippen LogP contribution in [0.5, 0.6) is 0 Å². The fraction of sp³-hybridized carbons (Fsp3) is 0.765. The second-order valence-corrected chi connectivity index (χ2v) is 7.04. The van der Waals surface area contributed by atoms with Crippen LogP contribution in [0.15, 0.2) is 9.98 Å². The van der Waals surface area contributed by atoms with E-state index in [1.54, 1.807) is 12.2 Å². The molecule has 2 aliphatic carbocycles. The summed E-state index contributed by atoms with van der Waals surface area (Å²) in [5.74, 6) is 0. The number of isocyanates is 2. The molecule has 124 valence electrons. The number of carbonyl (C=O) groups excluding carboxylic acids is 4. The van der Waals surface area contributed by atoms with Crippen LogP contribution in [-0.2, 0) is 19.2 Å². The van der Waals surface area contributed by atoms with Crippen molar-refractivity contribution in [2.45, 2.75) is 69.9 Å². The fourth-order valence-corrected chi connectivity index (χ4v) is 4.14. The quantitative estimate of drug-likeness (QED) is 0.426. The Hall–Kier alpha value is -1.90. The van der Waals surface area contributed by atoms with Crippen molar-refractivity contribution in [1.82, 2.24) is 0 Å². The van der Waals surface area contributed by atoms with Crippen LogP contribution in [0.2, 0.25) is 0 Å². The van der Waals surface area contributed by atoms with Crippen molar-refractivity contribution in [2.24, 2.45) is 20.8 Å². The molecule has 23 heavy (non-hydrogen) atoms. The summed E-state index contributed by atoms with van der Waals surface area (Å²) in [7, 11) is 0. The monoisotopic (exact) mass is 318 g/mol. The maximum absolute atomic E-state index is 11.8. The van der Waals surface area contributed by atoms with Crippen LogP contribution >= 0.6 is 0 Å². The first-order valence-electron chi connectivity index (χ1n) is 8.17. The zero-order valence-corrected chi connectivity index (χ0v) is 13.2. The van der Waals surface area contributed by atoms with Crippen LogP contribution in [0.3, 0.4) is 0 Å². The molecule has 0 radical (unpaired) electrons. The van der Waals surface area contributed by atoms with E-state index in [0.717, 1.165) is 12.6 Å². The molecular formula is C17H22N2O4. The van der Waals surface area contributed by atoms with Crippen molar-refractivity contribution < 1.29 is 19.2 Å². The van der Waals surface area contributed by atoms with Crippen molar-refractivity contribution in [1.29, 1.82) is 0 Å². The summed E-state index contributed by atoms with van der Waals surface area (Å²) < 4.78 is 0. The molecule has 0 aromatic carbocycles. The standard InChI is InChI=1S/C17H22N2O4/c20-10-16(5-1-14(2-6-16)18-12-22)9-17(11-21)7-3-15(4-8-17)19-13-23/h10-11,14-15H,1-9H2. The third-order valence-corrected chi connectivity index (χ3v) is 5.58. The molecule has 6 heteroatoms. The van der Waals surface area contributed by atoms with Crippen LogP contribution in [0.4, 0.5) is 0 Å².